The van der Waals surface area contributed by atoms with Crippen LogP contribution in [0.5, 0.6) is 0 Å². The minimum Gasteiger partial charge on any atom is -0.399 e. The predicted molar refractivity (Wildman–Crippen MR) is 75.2 cm³/mol. The molecular formula is C15H14ClFN2. The lowest BCUT2D eigenvalue weighted by Gasteiger charge is -2.15. The van der Waals surface area contributed by atoms with Crippen molar-refractivity contribution in [3.63, 3.8) is 0 Å². The maximum atomic E-state index is 13.9. The molecule has 0 unspecified atom stereocenters. The Hall–Kier alpha value is -1.58. The second-order valence-corrected chi connectivity index (χ2v) is 5.29. The second kappa shape index (κ2) is 4.83. The van der Waals surface area contributed by atoms with E-state index in [4.69, 9.17) is 17.3 Å². The molecule has 2 nitrogen and oxygen atoms in total. The first kappa shape index (κ1) is 12.5. The number of rotatable bonds is 2. The molecule has 0 saturated carbocycles. The number of halogens is 2. The smallest absolute Gasteiger partial charge is 0.146 e. The number of anilines is 1. The first-order valence-corrected chi connectivity index (χ1v) is 6.54. The fourth-order valence-electron chi connectivity index (χ4n) is 2.51. The maximum absolute atomic E-state index is 13.9. The van der Waals surface area contributed by atoms with Gasteiger partial charge in [-0.05, 0) is 29.3 Å². The normalized spacial score (nSPS) is 14.6. The van der Waals surface area contributed by atoms with Crippen molar-refractivity contribution in [2.24, 2.45) is 0 Å². The van der Waals surface area contributed by atoms with Crippen LogP contribution in [0.25, 0.3) is 0 Å². The third-order valence-electron chi connectivity index (χ3n) is 3.44. The van der Waals surface area contributed by atoms with E-state index in [2.05, 4.69) is 4.90 Å². The van der Waals surface area contributed by atoms with Gasteiger partial charge < -0.3 is 5.73 Å². The number of nitrogen functional groups attached to an aromatic ring is 1. The van der Waals surface area contributed by atoms with Crippen LogP contribution in [-0.4, -0.2) is 4.90 Å². The minimum atomic E-state index is -0.320. The van der Waals surface area contributed by atoms with E-state index >= 15 is 0 Å². The fourth-order valence-corrected chi connectivity index (χ4v) is 2.70. The molecule has 1 aliphatic rings. The zero-order valence-electron chi connectivity index (χ0n) is 10.4. The Labute approximate surface area is 116 Å². The number of benzene rings is 2. The van der Waals surface area contributed by atoms with Crippen LogP contribution < -0.4 is 5.73 Å². The van der Waals surface area contributed by atoms with Crippen molar-refractivity contribution in [1.82, 2.24) is 4.90 Å². The molecule has 0 aliphatic carbocycles. The zero-order valence-corrected chi connectivity index (χ0v) is 11.1. The van der Waals surface area contributed by atoms with Gasteiger partial charge in [0.25, 0.3) is 0 Å². The Kier molecular flexibility index (Phi) is 3.17. The van der Waals surface area contributed by atoms with Gasteiger partial charge in [0.15, 0.2) is 0 Å². The number of hydrogen-bond donors (Lipinski definition) is 1. The topological polar surface area (TPSA) is 29.3 Å². The van der Waals surface area contributed by atoms with E-state index in [9.17, 15) is 4.39 Å². The number of hydrogen-bond acceptors (Lipinski definition) is 2. The molecule has 98 valence electrons. The average molecular weight is 277 g/mol. The maximum Gasteiger partial charge on any atom is 0.146 e. The number of fused-ring (bicyclic) bond motifs is 1. The molecule has 0 bridgehead atoms. The van der Waals surface area contributed by atoms with Crippen molar-refractivity contribution in [2.45, 2.75) is 19.6 Å². The highest BCUT2D eigenvalue weighted by atomic mass is 35.5. The molecule has 2 aromatic carbocycles. The van der Waals surface area contributed by atoms with Gasteiger partial charge in [0, 0.05) is 30.9 Å². The van der Waals surface area contributed by atoms with E-state index < -0.39 is 0 Å². The largest absolute Gasteiger partial charge is 0.399 e. The third-order valence-corrected chi connectivity index (χ3v) is 3.74. The Morgan fingerprint density at radius 3 is 2.79 bits per heavy atom. The first-order valence-electron chi connectivity index (χ1n) is 6.16. The summed E-state index contributed by atoms with van der Waals surface area (Å²) in [6.07, 6.45) is 0. The molecule has 2 aromatic rings. The molecule has 19 heavy (non-hydrogen) atoms. The highest BCUT2D eigenvalue weighted by molar-refractivity contribution is 6.30. The lowest BCUT2D eigenvalue weighted by Crippen LogP contribution is -2.16. The first-order chi connectivity index (χ1) is 9.13. The SMILES string of the molecule is Nc1ccc2c(c1)CN(Cc1cccc(Cl)c1F)C2. The molecule has 4 heteroatoms. The second-order valence-electron chi connectivity index (χ2n) is 4.89. The standard InChI is InChI=1S/C15H14ClFN2/c16-14-3-1-2-11(15(14)17)8-19-7-10-4-5-13(18)6-12(10)9-19/h1-6H,7-9,18H2. The van der Waals surface area contributed by atoms with Crippen LogP contribution in [0.15, 0.2) is 36.4 Å². The summed E-state index contributed by atoms with van der Waals surface area (Å²) in [7, 11) is 0. The van der Waals surface area contributed by atoms with Gasteiger partial charge in [-0.25, -0.2) is 4.39 Å². The molecular weight excluding hydrogens is 263 g/mol. The third kappa shape index (κ3) is 2.44. The number of nitrogens with two attached hydrogens (primary N) is 1. The van der Waals surface area contributed by atoms with E-state index in [1.165, 1.54) is 11.1 Å². The van der Waals surface area contributed by atoms with Crippen LogP contribution in [0.2, 0.25) is 5.02 Å². The van der Waals surface area contributed by atoms with E-state index in [-0.39, 0.29) is 10.8 Å². The van der Waals surface area contributed by atoms with Crippen LogP contribution in [0, 0.1) is 5.82 Å². The van der Waals surface area contributed by atoms with Crippen LogP contribution >= 0.6 is 11.6 Å². The van der Waals surface area contributed by atoms with Crippen molar-refractivity contribution >= 4 is 17.3 Å². The molecule has 3 rings (SSSR count). The summed E-state index contributed by atoms with van der Waals surface area (Å²) in [5, 5.41) is 0.179. The van der Waals surface area contributed by atoms with Crippen LogP contribution in [0.1, 0.15) is 16.7 Å². The van der Waals surface area contributed by atoms with Crippen LogP contribution in [0.3, 0.4) is 0 Å². The lowest BCUT2D eigenvalue weighted by molar-refractivity contribution is 0.271. The van der Waals surface area contributed by atoms with Crippen molar-refractivity contribution in [3.8, 4) is 0 Å². The van der Waals surface area contributed by atoms with E-state index in [0.29, 0.717) is 12.1 Å². The molecule has 0 radical (unpaired) electrons. The molecule has 0 spiro atoms. The van der Waals surface area contributed by atoms with Gasteiger partial charge >= 0.3 is 0 Å². The quantitative estimate of drug-likeness (QED) is 0.850. The van der Waals surface area contributed by atoms with Gasteiger partial charge in [-0.15, -0.1) is 0 Å². The summed E-state index contributed by atoms with van der Waals surface area (Å²) in [6, 6.07) is 11.1. The molecule has 1 heterocycles. The predicted octanol–water partition coefficient (Wildman–Crippen LogP) is 3.58. The van der Waals surface area contributed by atoms with Gasteiger partial charge in [0.05, 0.1) is 5.02 Å². The van der Waals surface area contributed by atoms with E-state index in [1.54, 1.807) is 18.2 Å². The summed E-state index contributed by atoms with van der Waals surface area (Å²) in [5.41, 5.74) is 9.67. The van der Waals surface area contributed by atoms with Gasteiger partial charge in [-0.3, -0.25) is 4.90 Å². The molecule has 0 atom stereocenters. The highest BCUT2D eigenvalue weighted by Crippen LogP contribution is 2.27. The summed E-state index contributed by atoms with van der Waals surface area (Å²) >= 11 is 5.80. The van der Waals surface area contributed by atoms with Gasteiger partial charge in [0.1, 0.15) is 5.82 Å². The Morgan fingerprint density at radius 2 is 1.95 bits per heavy atom. The van der Waals surface area contributed by atoms with Crippen LogP contribution in [0.4, 0.5) is 10.1 Å². The molecule has 2 N–H and O–H groups in total. The van der Waals surface area contributed by atoms with Crippen molar-refractivity contribution in [2.75, 3.05) is 5.73 Å². The molecule has 0 amide bonds. The van der Waals surface area contributed by atoms with Gasteiger partial charge in [0.2, 0.25) is 0 Å². The van der Waals surface area contributed by atoms with Crippen molar-refractivity contribution in [3.05, 3.63) is 63.9 Å². The van der Waals surface area contributed by atoms with E-state index in [0.717, 1.165) is 18.8 Å². The van der Waals surface area contributed by atoms with Gasteiger partial charge in [-0.1, -0.05) is 29.8 Å². The molecule has 0 fully saturated rings. The Bertz CT molecular complexity index is 628. The monoisotopic (exact) mass is 276 g/mol. The summed E-state index contributed by atoms with van der Waals surface area (Å²) < 4.78 is 13.9. The van der Waals surface area contributed by atoms with Crippen molar-refractivity contribution in [1.29, 1.82) is 0 Å². The summed E-state index contributed by atoms with van der Waals surface area (Å²) in [4.78, 5) is 2.18. The zero-order chi connectivity index (χ0) is 13.4. The summed E-state index contributed by atoms with van der Waals surface area (Å²) in [6.45, 7) is 2.18. The molecule has 0 saturated heterocycles. The van der Waals surface area contributed by atoms with Gasteiger partial charge in [-0.2, -0.15) is 0 Å². The molecule has 1 aliphatic heterocycles. The van der Waals surface area contributed by atoms with Crippen LogP contribution in [-0.2, 0) is 19.6 Å². The Morgan fingerprint density at radius 1 is 1.16 bits per heavy atom. The fraction of sp³-hybridized carbons (Fsp3) is 0.200. The minimum absolute atomic E-state index is 0.179. The van der Waals surface area contributed by atoms with E-state index in [1.807, 2.05) is 18.2 Å². The average Bonchev–Trinajstić information content (AvgIpc) is 2.76. The number of nitrogens with zero attached hydrogens (tertiary/aromatic N) is 1. The summed E-state index contributed by atoms with van der Waals surface area (Å²) in [5.74, 6) is -0.320. The lowest BCUT2D eigenvalue weighted by atomic mass is 10.1. The van der Waals surface area contributed by atoms with Crippen molar-refractivity contribution < 1.29 is 4.39 Å². The highest BCUT2D eigenvalue weighted by Gasteiger charge is 2.20. The molecule has 0 aromatic heterocycles. The Balaban J connectivity index is 1.79.